The Morgan fingerprint density at radius 3 is 2.85 bits per heavy atom. The van der Waals surface area contributed by atoms with Crippen molar-refractivity contribution in [1.29, 1.82) is 0 Å². The molecule has 6 heteroatoms. The molecule has 0 saturated carbocycles. The number of benzene rings is 1. The van der Waals surface area contributed by atoms with Crippen LogP contribution < -0.4 is 10.6 Å². The standard InChI is InChI=1S/C20H32N6/c1-14(2)26-12-15(3)18(13-26)25-20(21-4)22-11-7-10-19-23-16-8-5-6-9-17(16)24-19/h5-6,8-9,14-15,18H,7,10-13H2,1-4H3,(H,23,24)(H2,21,22,25). The molecule has 1 aromatic carbocycles. The van der Waals surface area contributed by atoms with Gasteiger partial charge in [-0.2, -0.15) is 0 Å². The van der Waals surface area contributed by atoms with Crippen LogP contribution in [0.3, 0.4) is 0 Å². The third-order valence-corrected chi connectivity index (χ3v) is 5.24. The van der Waals surface area contributed by atoms with Gasteiger partial charge in [0, 0.05) is 45.2 Å². The highest BCUT2D eigenvalue weighted by Crippen LogP contribution is 2.18. The molecule has 0 aliphatic carbocycles. The number of aliphatic imine (C=N–C) groups is 1. The van der Waals surface area contributed by atoms with Crippen molar-refractivity contribution in [3.05, 3.63) is 30.1 Å². The van der Waals surface area contributed by atoms with Crippen LogP contribution in [-0.4, -0.2) is 59.6 Å². The number of imidazole rings is 1. The third-order valence-electron chi connectivity index (χ3n) is 5.24. The van der Waals surface area contributed by atoms with Gasteiger partial charge < -0.3 is 15.6 Å². The largest absolute Gasteiger partial charge is 0.356 e. The second kappa shape index (κ2) is 8.54. The fourth-order valence-electron chi connectivity index (χ4n) is 3.57. The summed E-state index contributed by atoms with van der Waals surface area (Å²) in [5.74, 6) is 2.58. The van der Waals surface area contributed by atoms with Crippen LogP contribution in [-0.2, 0) is 6.42 Å². The van der Waals surface area contributed by atoms with Crippen LogP contribution in [0.4, 0.5) is 0 Å². The number of hydrogen-bond donors (Lipinski definition) is 3. The van der Waals surface area contributed by atoms with E-state index in [0.717, 1.165) is 55.3 Å². The molecular formula is C20H32N6. The second-order valence-corrected chi connectivity index (χ2v) is 7.58. The first kappa shape index (κ1) is 18.7. The fourth-order valence-corrected chi connectivity index (χ4v) is 3.57. The van der Waals surface area contributed by atoms with E-state index in [1.807, 2.05) is 25.2 Å². The van der Waals surface area contributed by atoms with Crippen LogP contribution in [0.1, 0.15) is 33.0 Å². The zero-order valence-corrected chi connectivity index (χ0v) is 16.4. The predicted octanol–water partition coefficient (Wildman–Crippen LogP) is 2.39. The van der Waals surface area contributed by atoms with Gasteiger partial charge in [-0.15, -0.1) is 0 Å². The predicted molar refractivity (Wildman–Crippen MR) is 109 cm³/mol. The Morgan fingerprint density at radius 2 is 2.15 bits per heavy atom. The summed E-state index contributed by atoms with van der Waals surface area (Å²) in [5.41, 5.74) is 2.15. The van der Waals surface area contributed by atoms with E-state index in [-0.39, 0.29) is 0 Å². The zero-order valence-electron chi connectivity index (χ0n) is 16.4. The topological polar surface area (TPSA) is 68.3 Å². The lowest BCUT2D eigenvalue weighted by atomic mass is 10.1. The van der Waals surface area contributed by atoms with Gasteiger partial charge in [0.1, 0.15) is 5.82 Å². The lowest BCUT2D eigenvalue weighted by molar-refractivity contribution is 0.265. The molecule has 2 unspecified atom stereocenters. The van der Waals surface area contributed by atoms with Crippen molar-refractivity contribution in [1.82, 2.24) is 25.5 Å². The Morgan fingerprint density at radius 1 is 1.35 bits per heavy atom. The number of H-pyrrole nitrogens is 1. The van der Waals surface area contributed by atoms with E-state index in [9.17, 15) is 0 Å². The van der Waals surface area contributed by atoms with Crippen LogP contribution in [0.5, 0.6) is 0 Å². The van der Waals surface area contributed by atoms with Crippen LogP contribution in [0.2, 0.25) is 0 Å². The lowest BCUT2D eigenvalue weighted by Gasteiger charge is -2.21. The summed E-state index contributed by atoms with van der Waals surface area (Å²) in [6.45, 7) is 9.96. The first-order chi connectivity index (χ1) is 12.6. The van der Waals surface area contributed by atoms with Crippen LogP contribution >= 0.6 is 0 Å². The van der Waals surface area contributed by atoms with Crippen molar-refractivity contribution in [3.63, 3.8) is 0 Å². The SMILES string of the molecule is CN=C(NCCCc1nc2ccccc2[nH]1)NC1CN(C(C)C)CC1C. The van der Waals surface area contributed by atoms with Gasteiger partial charge in [0.2, 0.25) is 0 Å². The van der Waals surface area contributed by atoms with E-state index in [1.165, 1.54) is 0 Å². The summed E-state index contributed by atoms with van der Waals surface area (Å²) in [7, 11) is 1.84. The third kappa shape index (κ3) is 4.55. The number of likely N-dealkylation sites (tertiary alicyclic amines) is 1. The number of guanidine groups is 1. The first-order valence-corrected chi connectivity index (χ1v) is 9.71. The highest BCUT2D eigenvalue weighted by molar-refractivity contribution is 5.80. The van der Waals surface area contributed by atoms with Crippen molar-refractivity contribution in [2.45, 2.75) is 45.7 Å². The van der Waals surface area contributed by atoms with Gasteiger partial charge in [0.15, 0.2) is 5.96 Å². The summed E-state index contributed by atoms with van der Waals surface area (Å²) < 4.78 is 0. The van der Waals surface area contributed by atoms with Gasteiger partial charge in [-0.1, -0.05) is 19.1 Å². The fraction of sp³-hybridized carbons (Fsp3) is 0.600. The minimum Gasteiger partial charge on any atom is -0.356 e. The summed E-state index contributed by atoms with van der Waals surface area (Å²) in [4.78, 5) is 14.9. The zero-order chi connectivity index (χ0) is 18.5. The minimum atomic E-state index is 0.457. The van der Waals surface area contributed by atoms with Crippen molar-refractivity contribution < 1.29 is 0 Å². The van der Waals surface area contributed by atoms with E-state index < -0.39 is 0 Å². The van der Waals surface area contributed by atoms with Crippen molar-refractivity contribution in [3.8, 4) is 0 Å². The van der Waals surface area contributed by atoms with E-state index in [1.54, 1.807) is 0 Å². The van der Waals surface area contributed by atoms with Gasteiger partial charge in [-0.25, -0.2) is 4.98 Å². The molecule has 3 N–H and O–H groups in total. The van der Waals surface area contributed by atoms with E-state index in [2.05, 4.69) is 57.3 Å². The van der Waals surface area contributed by atoms with Gasteiger partial charge in [0.25, 0.3) is 0 Å². The number of para-hydroxylation sites is 2. The summed E-state index contributed by atoms with van der Waals surface area (Å²) in [6.07, 6.45) is 1.94. The summed E-state index contributed by atoms with van der Waals surface area (Å²) in [5, 5.41) is 7.04. The summed E-state index contributed by atoms with van der Waals surface area (Å²) >= 11 is 0. The second-order valence-electron chi connectivity index (χ2n) is 7.58. The maximum absolute atomic E-state index is 4.63. The molecule has 0 radical (unpaired) electrons. The molecule has 142 valence electrons. The van der Waals surface area contributed by atoms with Crippen molar-refractivity contribution in [2.24, 2.45) is 10.9 Å². The average molecular weight is 357 g/mol. The van der Waals surface area contributed by atoms with E-state index >= 15 is 0 Å². The Balaban J connectivity index is 1.43. The molecule has 6 nitrogen and oxygen atoms in total. The van der Waals surface area contributed by atoms with E-state index in [0.29, 0.717) is 18.0 Å². The molecule has 1 aliphatic rings. The number of aryl methyl sites for hydroxylation is 1. The minimum absolute atomic E-state index is 0.457. The molecular weight excluding hydrogens is 324 g/mol. The Hall–Kier alpha value is -2.08. The van der Waals surface area contributed by atoms with Crippen LogP contribution in [0.15, 0.2) is 29.3 Å². The molecule has 3 rings (SSSR count). The lowest BCUT2D eigenvalue weighted by Crippen LogP contribution is -2.47. The Kier molecular flexibility index (Phi) is 6.14. The molecule has 2 aromatic rings. The molecule has 1 fully saturated rings. The molecule has 1 aromatic heterocycles. The van der Waals surface area contributed by atoms with Gasteiger partial charge >= 0.3 is 0 Å². The number of aromatic amines is 1. The van der Waals surface area contributed by atoms with Gasteiger partial charge in [0.05, 0.1) is 11.0 Å². The molecule has 0 bridgehead atoms. The van der Waals surface area contributed by atoms with Crippen LogP contribution in [0.25, 0.3) is 11.0 Å². The maximum atomic E-state index is 4.63. The quantitative estimate of drug-likeness (QED) is 0.422. The number of rotatable bonds is 6. The summed E-state index contributed by atoms with van der Waals surface area (Å²) in [6, 6.07) is 9.23. The monoisotopic (exact) mass is 356 g/mol. The number of hydrogen-bond acceptors (Lipinski definition) is 3. The highest BCUT2D eigenvalue weighted by atomic mass is 15.3. The molecule has 0 amide bonds. The number of aromatic nitrogens is 2. The van der Waals surface area contributed by atoms with Gasteiger partial charge in [-0.05, 0) is 38.3 Å². The Bertz CT molecular complexity index is 702. The molecule has 1 saturated heterocycles. The maximum Gasteiger partial charge on any atom is 0.191 e. The van der Waals surface area contributed by atoms with Crippen molar-refractivity contribution in [2.75, 3.05) is 26.7 Å². The van der Waals surface area contributed by atoms with Crippen molar-refractivity contribution >= 4 is 17.0 Å². The first-order valence-electron chi connectivity index (χ1n) is 9.71. The molecule has 2 heterocycles. The normalized spacial score (nSPS) is 21.7. The average Bonchev–Trinajstić information content (AvgIpc) is 3.20. The smallest absolute Gasteiger partial charge is 0.191 e. The molecule has 1 aliphatic heterocycles. The Labute approximate surface area is 156 Å². The molecule has 0 spiro atoms. The highest BCUT2D eigenvalue weighted by Gasteiger charge is 2.31. The van der Waals surface area contributed by atoms with Gasteiger partial charge in [-0.3, -0.25) is 9.89 Å². The van der Waals surface area contributed by atoms with Crippen LogP contribution in [0, 0.1) is 5.92 Å². The molecule has 26 heavy (non-hydrogen) atoms. The number of nitrogens with zero attached hydrogens (tertiary/aromatic N) is 3. The molecule has 2 atom stereocenters. The number of fused-ring (bicyclic) bond motifs is 1. The number of nitrogens with one attached hydrogen (secondary N) is 3. The van der Waals surface area contributed by atoms with E-state index in [4.69, 9.17) is 0 Å².